The fourth-order valence-corrected chi connectivity index (χ4v) is 1.11. The second-order valence-electron chi connectivity index (χ2n) is 2.28. The Bertz CT molecular complexity index is 359. The van der Waals surface area contributed by atoms with Crippen LogP contribution in [0.3, 0.4) is 0 Å². The first-order valence-corrected chi connectivity index (χ1v) is 4.52. The number of rotatable bonds is 5. The quantitative estimate of drug-likeness (QED) is 0.268. The summed E-state index contributed by atoms with van der Waals surface area (Å²) >= 11 is 3.07. The lowest BCUT2D eigenvalue weighted by Gasteiger charge is -2.04. The van der Waals surface area contributed by atoms with Crippen molar-refractivity contribution in [1.82, 2.24) is 4.98 Å². The van der Waals surface area contributed by atoms with Gasteiger partial charge in [-0.15, -0.1) is 0 Å². The molecule has 0 aromatic carbocycles. The fourth-order valence-electron chi connectivity index (χ4n) is 0.786. The van der Waals surface area contributed by atoms with Crippen LogP contribution in [0.5, 0.6) is 5.88 Å². The van der Waals surface area contributed by atoms with E-state index in [2.05, 4.69) is 30.7 Å². The maximum Gasteiger partial charge on any atom is 0.332 e. The maximum absolute atomic E-state index is 10.6. The average molecular weight is 279 g/mol. The van der Waals surface area contributed by atoms with Crippen molar-refractivity contribution in [2.45, 2.75) is 0 Å². The van der Waals surface area contributed by atoms with E-state index in [0.29, 0.717) is 4.47 Å². The SMILES string of the molecule is COOCOc1ncc(Br)cc1[N+](=O)[O-]. The Morgan fingerprint density at radius 3 is 3.00 bits per heavy atom. The van der Waals surface area contributed by atoms with Gasteiger partial charge in [0.1, 0.15) is 0 Å². The fraction of sp³-hybridized carbons (Fsp3) is 0.286. The highest BCUT2D eigenvalue weighted by Gasteiger charge is 2.17. The van der Waals surface area contributed by atoms with Crippen LogP contribution in [0.25, 0.3) is 0 Å². The molecule has 0 fully saturated rings. The molecule has 0 atom stereocenters. The lowest BCUT2D eigenvalue weighted by atomic mass is 10.4. The van der Waals surface area contributed by atoms with E-state index in [1.165, 1.54) is 19.4 Å². The Balaban J connectivity index is 2.81. The van der Waals surface area contributed by atoms with Crippen LogP contribution in [0.1, 0.15) is 0 Å². The molecule has 7 nitrogen and oxygen atoms in total. The van der Waals surface area contributed by atoms with Crippen LogP contribution < -0.4 is 4.74 Å². The van der Waals surface area contributed by atoms with Crippen molar-refractivity contribution in [2.24, 2.45) is 0 Å². The first-order valence-electron chi connectivity index (χ1n) is 3.73. The van der Waals surface area contributed by atoms with Crippen molar-refractivity contribution >= 4 is 21.6 Å². The highest BCUT2D eigenvalue weighted by Crippen LogP contribution is 2.27. The monoisotopic (exact) mass is 278 g/mol. The van der Waals surface area contributed by atoms with Crippen LogP contribution in [0.2, 0.25) is 0 Å². The molecule has 0 aliphatic carbocycles. The Hall–Kier alpha value is -1.25. The van der Waals surface area contributed by atoms with Crippen molar-refractivity contribution in [3.8, 4) is 5.88 Å². The van der Waals surface area contributed by atoms with E-state index in [1.807, 2.05) is 0 Å². The van der Waals surface area contributed by atoms with Crippen LogP contribution in [0, 0.1) is 10.1 Å². The summed E-state index contributed by atoms with van der Waals surface area (Å²) in [6.45, 7) is -0.272. The van der Waals surface area contributed by atoms with Crippen LogP contribution in [0.4, 0.5) is 5.69 Å². The zero-order valence-corrected chi connectivity index (χ0v) is 9.26. The lowest BCUT2D eigenvalue weighted by molar-refractivity contribution is -0.387. The molecule has 1 heterocycles. The third-order valence-electron chi connectivity index (χ3n) is 1.36. The van der Waals surface area contributed by atoms with Gasteiger partial charge in [0.2, 0.25) is 6.79 Å². The van der Waals surface area contributed by atoms with Crippen LogP contribution in [-0.4, -0.2) is 23.8 Å². The number of nitro groups is 1. The minimum Gasteiger partial charge on any atom is -0.443 e. The highest BCUT2D eigenvalue weighted by atomic mass is 79.9. The zero-order valence-electron chi connectivity index (χ0n) is 7.68. The van der Waals surface area contributed by atoms with Gasteiger partial charge in [0, 0.05) is 16.7 Å². The second kappa shape index (κ2) is 5.59. The van der Waals surface area contributed by atoms with Crippen molar-refractivity contribution in [2.75, 3.05) is 13.9 Å². The predicted octanol–water partition coefficient (Wildman–Crippen LogP) is 1.67. The van der Waals surface area contributed by atoms with Crippen molar-refractivity contribution < 1.29 is 19.4 Å². The summed E-state index contributed by atoms with van der Waals surface area (Å²) < 4.78 is 5.37. The average Bonchev–Trinajstić information content (AvgIpc) is 2.20. The number of pyridine rings is 1. The van der Waals surface area contributed by atoms with Crippen LogP contribution in [-0.2, 0) is 9.78 Å². The predicted molar refractivity (Wildman–Crippen MR) is 52.2 cm³/mol. The molecule has 0 aliphatic heterocycles. The number of hydrogen-bond acceptors (Lipinski definition) is 6. The molecule has 0 amide bonds. The van der Waals surface area contributed by atoms with Crippen LogP contribution in [0.15, 0.2) is 16.7 Å². The highest BCUT2D eigenvalue weighted by molar-refractivity contribution is 9.10. The minimum atomic E-state index is -0.597. The van der Waals surface area contributed by atoms with E-state index in [0.717, 1.165) is 0 Å². The summed E-state index contributed by atoms with van der Waals surface area (Å²) in [6, 6.07) is 1.29. The molecule has 15 heavy (non-hydrogen) atoms. The summed E-state index contributed by atoms with van der Waals surface area (Å²) in [7, 11) is 1.30. The molecular formula is C7H7BrN2O5. The largest absolute Gasteiger partial charge is 0.443 e. The summed E-state index contributed by atoms with van der Waals surface area (Å²) in [5.74, 6) is -0.125. The molecule has 0 bridgehead atoms. The molecule has 0 aliphatic rings. The second-order valence-corrected chi connectivity index (χ2v) is 3.20. The summed E-state index contributed by atoms with van der Waals surface area (Å²) in [4.78, 5) is 22.4. The smallest absolute Gasteiger partial charge is 0.332 e. The Morgan fingerprint density at radius 2 is 2.40 bits per heavy atom. The summed E-state index contributed by atoms with van der Waals surface area (Å²) in [6.07, 6.45) is 1.38. The third-order valence-corrected chi connectivity index (χ3v) is 1.79. The lowest BCUT2D eigenvalue weighted by Crippen LogP contribution is -2.05. The molecule has 1 aromatic heterocycles. The maximum atomic E-state index is 10.6. The van der Waals surface area contributed by atoms with Crippen molar-refractivity contribution in [3.63, 3.8) is 0 Å². The first-order chi connectivity index (χ1) is 7.15. The van der Waals surface area contributed by atoms with Gasteiger partial charge in [-0.2, -0.15) is 4.89 Å². The molecule has 0 radical (unpaired) electrons. The molecule has 0 unspecified atom stereocenters. The first kappa shape index (κ1) is 11.8. The molecule has 0 N–H and O–H groups in total. The van der Waals surface area contributed by atoms with E-state index in [1.54, 1.807) is 0 Å². The standard InChI is InChI=1S/C7H7BrN2O5/c1-13-15-4-14-7-6(10(11)12)2-5(8)3-9-7/h2-3H,4H2,1H3. The Kier molecular flexibility index (Phi) is 4.40. The van der Waals surface area contributed by atoms with Crippen molar-refractivity contribution in [3.05, 3.63) is 26.9 Å². The number of halogens is 1. The molecule has 0 spiro atoms. The van der Waals surface area contributed by atoms with Gasteiger partial charge in [-0.25, -0.2) is 9.87 Å². The van der Waals surface area contributed by atoms with Crippen LogP contribution >= 0.6 is 15.9 Å². The molecular weight excluding hydrogens is 272 g/mol. The van der Waals surface area contributed by atoms with Gasteiger partial charge in [-0.05, 0) is 15.9 Å². The number of aromatic nitrogens is 1. The third kappa shape index (κ3) is 3.42. The van der Waals surface area contributed by atoms with Gasteiger partial charge < -0.3 is 4.74 Å². The molecule has 1 aromatic rings. The van der Waals surface area contributed by atoms with Crippen molar-refractivity contribution in [1.29, 1.82) is 0 Å². The van der Waals surface area contributed by atoms with Gasteiger partial charge in [0.25, 0.3) is 5.88 Å². The van der Waals surface area contributed by atoms with E-state index >= 15 is 0 Å². The zero-order chi connectivity index (χ0) is 11.3. The number of nitrogens with zero attached hydrogens (tertiary/aromatic N) is 2. The van der Waals surface area contributed by atoms with E-state index in [-0.39, 0.29) is 18.4 Å². The van der Waals surface area contributed by atoms with Gasteiger partial charge >= 0.3 is 5.69 Å². The Labute approximate surface area is 93.2 Å². The van der Waals surface area contributed by atoms with Gasteiger partial charge in [-0.3, -0.25) is 10.1 Å². The molecule has 1 rings (SSSR count). The van der Waals surface area contributed by atoms with E-state index in [4.69, 9.17) is 4.74 Å². The van der Waals surface area contributed by atoms with E-state index < -0.39 is 4.92 Å². The van der Waals surface area contributed by atoms with Gasteiger partial charge in [0.05, 0.1) is 12.0 Å². The summed E-state index contributed by atoms with van der Waals surface area (Å²) in [5, 5.41) is 10.6. The summed E-state index contributed by atoms with van der Waals surface area (Å²) in [5.41, 5.74) is -0.246. The normalized spacial score (nSPS) is 10.0. The van der Waals surface area contributed by atoms with Gasteiger partial charge in [-0.1, -0.05) is 0 Å². The Morgan fingerprint density at radius 1 is 1.67 bits per heavy atom. The minimum absolute atomic E-state index is 0.125. The van der Waals surface area contributed by atoms with E-state index in [9.17, 15) is 10.1 Å². The molecule has 0 saturated heterocycles. The molecule has 0 saturated carbocycles. The molecule has 8 heteroatoms. The number of hydrogen-bond donors (Lipinski definition) is 0. The topological polar surface area (TPSA) is 83.7 Å². The molecule has 82 valence electrons. The number of ether oxygens (including phenoxy) is 1. The van der Waals surface area contributed by atoms with Gasteiger partial charge in [0.15, 0.2) is 0 Å².